The van der Waals surface area contributed by atoms with Crippen LogP contribution in [0.1, 0.15) is 11.8 Å². The topological polar surface area (TPSA) is 51.3 Å². The second kappa shape index (κ2) is 3.31. The second-order valence-corrected chi connectivity index (χ2v) is 2.90. The molecule has 3 nitrogen and oxygen atoms in total. The zero-order valence-corrected chi connectivity index (χ0v) is 6.56. The summed E-state index contributed by atoms with van der Waals surface area (Å²) in [6.07, 6.45) is 1.80. The van der Waals surface area contributed by atoms with E-state index < -0.39 is 0 Å². The first kappa shape index (κ1) is 7.21. The Morgan fingerprint density at radius 2 is 2.70 bits per heavy atom. The van der Waals surface area contributed by atoms with Crippen LogP contribution in [0.25, 0.3) is 0 Å². The SMILES string of the molecule is CC(N)=NCc1cncs1. The third-order valence-corrected chi connectivity index (χ3v) is 1.73. The van der Waals surface area contributed by atoms with Crippen molar-refractivity contribution in [2.75, 3.05) is 0 Å². The van der Waals surface area contributed by atoms with Crippen molar-refractivity contribution in [3.63, 3.8) is 0 Å². The molecule has 1 aromatic heterocycles. The van der Waals surface area contributed by atoms with Crippen molar-refractivity contribution in [2.24, 2.45) is 10.7 Å². The molecule has 0 radical (unpaired) electrons. The molecule has 0 aliphatic rings. The van der Waals surface area contributed by atoms with E-state index in [1.54, 1.807) is 30.0 Å². The smallest absolute Gasteiger partial charge is 0.0910 e. The van der Waals surface area contributed by atoms with Crippen molar-refractivity contribution in [1.82, 2.24) is 4.98 Å². The molecule has 0 aliphatic heterocycles. The van der Waals surface area contributed by atoms with Crippen molar-refractivity contribution < 1.29 is 0 Å². The molecule has 54 valence electrons. The highest BCUT2D eigenvalue weighted by molar-refractivity contribution is 7.09. The van der Waals surface area contributed by atoms with E-state index >= 15 is 0 Å². The number of hydrogen-bond donors (Lipinski definition) is 1. The van der Waals surface area contributed by atoms with Gasteiger partial charge in [0.25, 0.3) is 0 Å². The van der Waals surface area contributed by atoms with Crippen molar-refractivity contribution in [3.05, 3.63) is 16.6 Å². The van der Waals surface area contributed by atoms with Crippen molar-refractivity contribution in [1.29, 1.82) is 0 Å². The van der Waals surface area contributed by atoms with Crippen molar-refractivity contribution in [2.45, 2.75) is 13.5 Å². The Labute approximate surface area is 63.6 Å². The maximum Gasteiger partial charge on any atom is 0.0910 e. The first-order valence-corrected chi connectivity index (χ1v) is 3.81. The summed E-state index contributed by atoms with van der Waals surface area (Å²) in [5.41, 5.74) is 7.13. The van der Waals surface area contributed by atoms with Gasteiger partial charge in [0, 0.05) is 11.1 Å². The summed E-state index contributed by atoms with van der Waals surface area (Å²) in [5.74, 6) is 0.619. The predicted octanol–water partition coefficient (Wildman–Crippen LogP) is 1.02. The van der Waals surface area contributed by atoms with Crippen LogP contribution in [0.3, 0.4) is 0 Å². The molecule has 0 saturated carbocycles. The van der Waals surface area contributed by atoms with E-state index in [1.807, 2.05) is 0 Å². The summed E-state index contributed by atoms with van der Waals surface area (Å²) < 4.78 is 0. The van der Waals surface area contributed by atoms with Gasteiger partial charge in [0.15, 0.2) is 0 Å². The molecule has 0 unspecified atom stereocenters. The van der Waals surface area contributed by atoms with E-state index in [-0.39, 0.29) is 0 Å². The van der Waals surface area contributed by atoms with Gasteiger partial charge >= 0.3 is 0 Å². The van der Waals surface area contributed by atoms with Crippen LogP contribution < -0.4 is 5.73 Å². The molecule has 4 heteroatoms. The number of rotatable bonds is 2. The Morgan fingerprint density at radius 3 is 3.20 bits per heavy atom. The first-order chi connectivity index (χ1) is 4.79. The predicted molar refractivity (Wildman–Crippen MR) is 43.1 cm³/mol. The van der Waals surface area contributed by atoms with Crippen LogP contribution in [0.4, 0.5) is 0 Å². The maximum atomic E-state index is 5.34. The molecule has 0 fully saturated rings. The molecule has 1 heterocycles. The molecule has 1 rings (SSSR count). The van der Waals surface area contributed by atoms with Gasteiger partial charge in [-0.15, -0.1) is 11.3 Å². The summed E-state index contributed by atoms with van der Waals surface area (Å²) >= 11 is 1.59. The monoisotopic (exact) mass is 155 g/mol. The molecule has 0 aromatic carbocycles. The van der Waals surface area contributed by atoms with Gasteiger partial charge in [-0.2, -0.15) is 0 Å². The molecule has 0 aliphatic carbocycles. The summed E-state index contributed by atoms with van der Waals surface area (Å²) in [5, 5.41) is 0. The normalized spacial score (nSPS) is 11.9. The van der Waals surface area contributed by atoms with Gasteiger partial charge < -0.3 is 5.73 Å². The van der Waals surface area contributed by atoms with E-state index in [2.05, 4.69) is 9.98 Å². The Balaban J connectivity index is 2.49. The second-order valence-electron chi connectivity index (χ2n) is 1.93. The van der Waals surface area contributed by atoms with Gasteiger partial charge in [-0.1, -0.05) is 0 Å². The zero-order valence-electron chi connectivity index (χ0n) is 5.74. The van der Waals surface area contributed by atoms with Crippen LogP contribution in [0.15, 0.2) is 16.7 Å². The van der Waals surface area contributed by atoms with E-state index in [0.717, 1.165) is 4.88 Å². The highest BCUT2D eigenvalue weighted by Gasteiger charge is 1.89. The van der Waals surface area contributed by atoms with Gasteiger partial charge in [0.05, 0.1) is 17.9 Å². The van der Waals surface area contributed by atoms with E-state index in [9.17, 15) is 0 Å². The van der Waals surface area contributed by atoms with Gasteiger partial charge in [0.1, 0.15) is 0 Å². The largest absolute Gasteiger partial charge is 0.388 e. The number of amidine groups is 1. The Kier molecular flexibility index (Phi) is 2.39. The molecule has 0 bridgehead atoms. The fourth-order valence-electron chi connectivity index (χ4n) is 0.523. The highest BCUT2D eigenvalue weighted by Crippen LogP contribution is 2.05. The fourth-order valence-corrected chi connectivity index (χ4v) is 1.04. The molecular weight excluding hydrogens is 146 g/mol. The fraction of sp³-hybridized carbons (Fsp3) is 0.333. The van der Waals surface area contributed by atoms with Gasteiger partial charge in [0.2, 0.25) is 0 Å². The van der Waals surface area contributed by atoms with Gasteiger partial charge in [-0.25, -0.2) is 0 Å². The number of thiazole rings is 1. The lowest BCUT2D eigenvalue weighted by molar-refractivity contribution is 1.08. The zero-order chi connectivity index (χ0) is 7.40. The summed E-state index contributed by atoms with van der Waals surface area (Å²) in [6.45, 7) is 2.44. The van der Waals surface area contributed by atoms with Crippen LogP contribution in [-0.4, -0.2) is 10.8 Å². The summed E-state index contributed by atoms with van der Waals surface area (Å²) in [7, 11) is 0. The van der Waals surface area contributed by atoms with E-state index in [4.69, 9.17) is 5.73 Å². The number of nitrogens with two attached hydrogens (primary N) is 1. The Morgan fingerprint density at radius 1 is 1.90 bits per heavy atom. The quantitative estimate of drug-likeness (QED) is 0.512. The molecular formula is C6H9N3S. The maximum absolute atomic E-state index is 5.34. The van der Waals surface area contributed by atoms with Crippen LogP contribution >= 0.6 is 11.3 Å². The van der Waals surface area contributed by atoms with Crippen molar-refractivity contribution in [3.8, 4) is 0 Å². The van der Waals surface area contributed by atoms with Gasteiger partial charge in [-0.3, -0.25) is 9.98 Å². The summed E-state index contributed by atoms with van der Waals surface area (Å²) in [6, 6.07) is 0. The lowest BCUT2D eigenvalue weighted by atomic mass is 10.5. The first-order valence-electron chi connectivity index (χ1n) is 2.93. The Bertz CT molecular complexity index is 211. The molecule has 2 N–H and O–H groups in total. The summed E-state index contributed by atoms with van der Waals surface area (Å²) in [4.78, 5) is 9.08. The molecule has 10 heavy (non-hydrogen) atoms. The minimum absolute atomic E-state index is 0.619. The van der Waals surface area contributed by atoms with Crippen LogP contribution in [0.5, 0.6) is 0 Å². The van der Waals surface area contributed by atoms with Crippen LogP contribution in [-0.2, 0) is 6.54 Å². The van der Waals surface area contributed by atoms with Crippen molar-refractivity contribution >= 4 is 17.2 Å². The third kappa shape index (κ3) is 2.14. The number of aliphatic imine (C=N–C) groups is 1. The molecule has 0 spiro atoms. The third-order valence-electron chi connectivity index (χ3n) is 0.968. The number of nitrogens with zero attached hydrogens (tertiary/aromatic N) is 2. The van der Waals surface area contributed by atoms with Crippen LogP contribution in [0, 0.1) is 0 Å². The Hall–Kier alpha value is -0.900. The molecule has 0 amide bonds. The molecule has 0 saturated heterocycles. The van der Waals surface area contributed by atoms with E-state index in [0.29, 0.717) is 12.4 Å². The minimum atomic E-state index is 0.619. The van der Waals surface area contributed by atoms with Gasteiger partial charge in [-0.05, 0) is 6.92 Å². The number of aromatic nitrogens is 1. The lowest BCUT2D eigenvalue weighted by Crippen LogP contribution is -2.04. The lowest BCUT2D eigenvalue weighted by Gasteiger charge is -1.88. The average molecular weight is 155 g/mol. The van der Waals surface area contributed by atoms with E-state index in [1.165, 1.54) is 0 Å². The standard InChI is InChI=1S/C6H9N3S/c1-5(7)9-3-6-2-8-4-10-6/h2,4H,3H2,1H3,(H2,7,9). The molecule has 0 atom stereocenters. The minimum Gasteiger partial charge on any atom is -0.388 e. The highest BCUT2D eigenvalue weighted by atomic mass is 32.1. The average Bonchev–Trinajstić information content (AvgIpc) is 2.34. The van der Waals surface area contributed by atoms with Crippen LogP contribution in [0.2, 0.25) is 0 Å². The molecule has 1 aromatic rings. The number of hydrogen-bond acceptors (Lipinski definition) is 3.